The Kier molecular flexibility index (Phi) is 5.59. The lowest BCUT2D eigenvalue weighted by Crippen LogP contribution is -2.39. The summed E-state index contributed by atoms with van der Waals surface area (Å²) in [6, 6.07) is 0.751. The lowest BCUT2D eigenvalue weighted by molar-refractivity contribution is -0.119. The van der Waals surface area contributed by atoms with E-state index in [0.29, 0.717) is 0 Å². The van der Waals surface area contributed by atoms with E-state index in [-0.39, 0.29) is 43.6 Å². The highest BCUT2D eigenvalue weighted by Gasteiger charge is 2.36. The number of anilines is 2. The molecule has 0 bridgehead atoms. The highest BCUT2D eigenvalue weighted by Crippen LogP contribution is 2.34. The zero-order chi connectivity index (χ0) is 19.7. The summed E-state index contributed by atoms with van der Waals surface area (Å²) < 4.78 is 60.1. The summed E-state index contributed by atoms with van der Waals surface area (Å²) in [5.41, 5.74) is -1.10. The Morgan fingerprint density at radius 1 is 1.30 bits per heavy atom. The van der Waals surface area contributed by atoms with E-state index < -0.39 is 51.8 Å². The molecule has 2 aliphatic rings. The molecule has 148 valence electrons. The van der Waals surface area contributed by atoms with Gasteiger partial charge in [0.1, 0.15) is 11.8 Å². The van der Waals surface area contributed by atoms with Crippen molar-refractivity contribution in [2.45, 2.75) is 13.0 Å². The number of hydrogen-bond donors (Lipinski definition) is 1. The second-order valence-electron chi connectivity index (χ2n) is 6.24. The number of rotatable bonds is 4. The topological polar surface area (TPSA) is 79.0 Å². The van der Waals surface area contributed by atoms with E-state index in [1.165, 1.54) is 11.8 Å². The molecule has 1 atom stereocenters. The van der Waals surface area contributed by atoms with Gasteiger partial charge in [0, 0.05) is 48.4 Å². The van der Waals surface area contributed by atoms with Crippen LogP contribution in [0, 0.1) is 17.5 Å². The Morgan fingerprint density at radius 2 is 1.96 bits per heavy atom. The van der Waals surface area contributed by atoms with E-state index in [0.717, 1.165) is 11.0 Å². The molecule has 1 aromatic carbocycles. The predicted molar refractivity (Wildman–Crippen MR) is 92.7 cm³/mol. The van der Waals surface area contributed by atoms with Gasteiger partial charge in [-0.3, -0.25) is 13.9 Å². The van der Waals surface area contributed by atoms with E-state index in [1.54, 1.807) is 0 Å². The largest absolute Gasteiger partial charge is 0.442 e. The lowest BCUT2D eigenvalue weighted by Gasteiger charge is -2.29. The van der Waals surface area contributed by atoms with E-state index >= 15 is 0 Å². The third-order valence-electron chi connectivity index (χ3n) is 4.35. The van der Waals surface area contributed by atoms with Crippen LogP contribution in [0.4, 0.5) is 29.3 Å². The van der Waals surface area contributed by atoms with Gasteiger partial charge in [-0.25, -0.2) is 18.0 Å². The van der Waals surface area contributed by atoms with E-state index in [4.69, 9.17) is 4.74 Å². The van der Waals surface area contributed by atoms with Crippen LogP contribution in [0.1, 0.15) is 6.92 Å². The number of halogens is 3. The third kappa shape index (κ3) is 4.02. The molecular weight excluding hydrogens is 387 g/mol. The number of ether oxygens (including phenoxy) is 1. The van der Waals surface area contributed by atoms with Gasteiger partial charge >= 0.3 is 6.09 Å². The molecule has 11 heteroatoms. The molecule has 1 N–H and O–H groups in total. The minimum Gasteiger partial charge on any atom is -0.442 e. The summed E-state index contributed by atoms with van der Waals surface area (Å²) in [5, 5.41) is 2.46. The van der Waals surface area contributed by atoms with Crippen molar-refractivity contribution >= 4 is 34.2 Å². The van der Waals surface area contributed by atoms with Gasteiger partial charge in [0.05, 0.1) is 18.8 Å². The minimum atomic E-state index is -1.41. The highest BCUT2D eigenvalue weighted by atomic mass is 32.2. The Hall–Kier alpha value is -2.30. The first-order valence-corrected chi connectivity index (χ1v) is 9.76. The summed E-state index contributed by atoms with van der Waals surface area (Å²) in [6.07, 6.45) is -1.71. The van der Waals surface area contributed by atoms with Crippen LogP contribution >= 0.6 is 0 Å². The highest BCUT2D eigenvalue weighted by molar-refractivity contribution is 7.85. The molecule has 2 fully saturated rings. The first kappa shape index (κ1) is 19.5. The summed E-state index contributed by atoms with van der Waals surface area (Å²) in [6.45, 7) is 1.42. The van der Waals surface area contributed by atoms with Gasteiger partial charge in [0.15, 0.2) is 17.5 Å². The molecule has 0 unspecified atom stereocenters. The van der Waals surface area contributed by atoms with Crippen LogP contribution in [0.15, 0.2) is 6.07 Å². The number of hydrogen-bond acceptors (Lipinski definition) is 5. The number of amides is 2. The molecule has 2 heterocycles. The van der Waals surface area contributed by atoms with Crippen LogP contribution in [0.2, 0.25) is 0 Å². The van der Waals surface area contributed by atoms with Crippen molar-refractivity contribution in [2.24, 2.45) is 0 Å². The fraction of sp³-hybridized carbons (Fsp3) is 0.500. The molecule has 0 spiro atoms. The third-order valence-corrected chi connectivity index (χ3v) is 5.63. The van der Waals surface area contributed by atoms with Crippen molar-refractivity contribution in [3.63, 3.8) is 0 Å². The van der Waals surface area contributed by atoms with Crippen molar-refractivity contribution in [3.8, 4) is 0 Å². The van der Waals surface area contributed by atoms with E-state index in [2.05, 4.69) is 5.32 Å². The molecule has 2 amide bonds. The second kappa shape index (κ2) is 7.75. The smallest absolute Gasteiger partial charge is 0.414 e. The van der Waals surface area contributed by atoms with Crippen molar-refractivity contribution in [1.82, 2.24) is 5.32 Å². The van der Waals surface area contributed by atoms with E-state index in [1.807, 2.05) is 0 Å². The fourth-order valence-corrected chi connectivity index (χ4v) is 4.06. The number of nitrogens with zero attached hydrogens (tertiary/aromatic N) is 2. The van der Waals surface area contributed by atoms with Crippen LogP contribution in [0.25, 0.3) is 0 Å². The van der Waals surface area contributed by atoms with Gasteiger partial charge < -0.3 is 15.0 Å². The molecule has 0 aliphatic carbocycles. The number of carbonyl (C=O) groups excluding carboxylic acids is 2. The maximum absolute atomic E-state index is 14.6. The van der Waals surface area contributed by atoms with Crippen molar-refractivity contribution in [1.29, 1.82) is 0 Å². The van der Waals surface area contributed by atoms with Crippen LogP contribution < -0.4 is 15.1 Å². The quantitative estimate of drug-likeness (QED) is 0.760. The van der Waals surface area contributed by atoms with Gasteiger partial charge in [-0.1, -0.05) is 0 Å². The Bertz CT molecular complexity index is 798. The van der Waals surface area contributed by atoms with Gasteiger partial charge in [0.2, 0.25) is 5.91 Å². The molecule has 3 rings (SSSR count). The number of nitrogens with one attached hydrogen (secondary N) is 1. The predicted octanol–water partition coefficient (Wildman–Crippen LogP) is 1.13. The maximum Gasteiger partial charge on any atom is 0.414 e. The molecule has 27 heavy (non-hydrogen) atoms. The molecular formula is C16H18F3N3O4S. The molecule has 7 nitrogen and oxygen atoms in total. The molecule has 2 aliphatic heterocycles. The van der Waals surface area contributed by atoms with Gasteiger partial charge in [0.25, 0.3) is 0 Å². The van der Waals surface area contributed by atoms with Gasteiger partial charge in [-0.15, -0.1) is 0 Å². The van der Waals surface area contributed by atoms with Crippen LogP contribution in [0.3, 0.4) is 0 Å². The molecule has 0 saturated carbocycles. The number of benzene rings is 1. The van der Waals surface area contributed by atoms with Gasteiger partial charge in [-0.2, -0.15) is 0 Å². The van der Waals surface area contributed by atoms with Crippen molar-refractivity contribution < 1.29 is 31.7 Å². The monoisotopic (exact) mass is 405 g/mol. The zero-order valence-electron chi connectivity index (χ0n) is 14.5. The maximum atomic E-state index is 14.6. The lowest BCUT2D eigenvalue weighted by atomic mass is 10.2. The summed E-state index contributed by atoms with van der Waals surface area (Å²) in [5.74, 6) is -3.64. The molecule has 0 radical (unpaired) electrons. The summed E-state index contributed by atoms with van der Waals surface area (Å²) in [7, 11) is -1.05. The zero-order valence-corrected chi connectivity index (χ0v) is 15.3. The van der Waals surface area contributed by atoms with Crippen molar-refractivity contribution in [2.75, 3.05) is 47.5 Å². The average Bonchev–Trinajstić information content (AvgIpc) is 2.98. The van der Waals surface area contributed by atoms with Crippen molar-refractivity contribution in [3.05, 3.63) is 23.5 Å². The average molecular weight is 405 g/mol. The number of carbonyl (C=O) groups is 2. The van der Waals surface area contributed by atoms with Crippen LogP contribution in [-0.4, -0.2) is 60.0 Å². The van der Waals surface area contributed by atoms with Crippen LogP contribution in [-0.2, 0) is 20.3 Å². The normalized spacial score (nSPS) is 20.7. The summed E-state index contributed by atoms with van der Waals surface area (Å²) in [4.78, 5) is 25.0. The minimum absolute atomic E-state index is 0.00710. The second-order valence-corrected chi connectivity index (χ2v) is 7.94. The molecule has 2 saturated heterocycles. The summed E-state index contributed by atoms with van der Waals surface area (Å²) >= 11 is 0. The molecule has 1 aromatic rings. The number of cyclic esters (lactones) is 1. The fourth-order valence-electron chi connectivity index (χ4n) is 3.00. The SMILES string of the molecule is CC(=O)NC[C@H]1CN(c2cc(F)c(N3CCS(=O)CC3)c(F)c2F)C(=O)O1. The standard InChI is InChI=1S/C16H18F3N3O4S/c1-9(23)20-7-10-8-22(16(24)26-10)12-6-11(17)15(14(19)13(12)18)21-2-4-27(25)5-3-21/h6,10H,2-5,7-8H2,1H3,(H,20,23)/t10-/m0/s1. The first-order valence-electron chi connectivity index (χ1n) is 8.28. The van der Waals surface area contributed by atoms with Gasteiger partial charge in [-0.05, 0) is 0 Å². The Labute approximate surface area is 155 Å². The van der Waals surface area contributed by atoms with E-state index in [9.17, 15) is 27.0 Å². The Balaban J connectivity index is 1.84. The Morgan fingerprint density at radius 3 is 2.59 bits per heavy atom. The first-order chi connectivity index (χ1) is 12.8. The van der Waals surface area contributed by atoms with Crippen LogP contribution in [0.5, 0.6) is 0 Å². The molecule has 0 aromatic heterocycles.